The summed E-state index contributed by atoms with van der Waals surface area (Å²) in [6.45, 7) is 36.7. The van der Waals surface area contributed by atoms with E-state index in [0.717, 1.165) is 88.1 Å². The van der Waals surface area contributed by atoms with E-state index < -0.39 is 117 Å². The van der Waals surface area contributed by atoms with Crippen molar-refractivity contribution in [3.8, 4) is 0 Å². The number of hydrogen-bond donors (Lipinski definition) is 3. The van der Waals surface area contributed by atoms with E-state index in [1.54, 1.807) is 0 Å². The molecule has 0 unspecified atom stereocenters. The number of quaternary nitrogens is 1. The molecule has 5 aliphatic heterocycles. The highest BCUT2D eigenvalue weighted by molar-refractivity contribution is 6.13. The lowest BCUT2D eigenvalue weighted by Crippen LogP contribution is -2.51. The van der Waals surface area contributed by atoms with E-state index in [1.165, 1.54) is 116 Å². The van der Waals surface area contributed by atoms with Crippen LogP contribution < -0.4 is 16.0 Å². The molecule has 25 nitrogen and oxygen atoms in total. The molecule has 0 aromatic heterocycles. The maximum Gasteiger partial charge on any atom is 0.306 e. The van der Waals surface area contributed by atoms with Gasteiger partial charge in [-0.15, -0.1) is 0 Å². The fourth-order valence-electron chi connectivity index (χ4n) is 21.5. The molecule has 3 amide bonds. The molecule has 0 aromatic rings. The summed E-state index contributed by atoms with van der Waals surface area (Å²) in [5.74, 6) is -7.86. The molecular weight excluding hydrogens is 1730 g/mol. The van der Waals surface area contributed by atoms with Crippen LogP contribution in [0.4, 0.5) is 0 Å². The van der Waals surface area contributed by atoms with Gasteiger partial charge in [0.25, 0.3) is 0 Å². The number of aliphatic imine (C=N–C) groups is 3. The van der Waals surface area contributed by atoms with Gasteiger partial charge in [-0.1, -0.05) is 264 Å². The molecular formula is C112H193N8O17+. The van der Waals surface area contributed by atoms with Gasteiger partial charge in [-0.25, -0.2) is 0 Å². The number of carbonyl (C=O) groups is 10. The van der Waals surface area contributed by atoms with Crippen LogP contribution >= 0.6 is 0 Å². The van der Waals surface area contributed by atoms with E-state index in [-0.39, 0.29) is 147 Å². The van der Waals surface area contributed by atoms with Gasteiger partial charge in [-0.3, -0.25) is 62.9 Å². The molecule has 782 valence electrons. The molecule has 0 radical (unpaired) electrons. The molecule has 5 aliphatic rings. The van der Waals surface area contributed by atoms with Crippen molar-refractivity contribution in [1.82, 2.24) is 20.9 Å². The van der Waals surface area contributed by atoms with Crippen LogP contribution in [0, 0.1) is 45.3 Å². The Balaban J connectivity index is 1.99. The zero-order valence-corrected chi connectivity index (χ0v) is 90.0. The fourth-order valence-corrected chi connectivity index (χ4v) is 21.5. The monoisotopic (exact) mass is 1920 g/mol. The molecule has 5 rings (SSSR count). The number of nitrogens with one attached hydrogen (secondary N) is 3. The number of ether oxygens (including phenoxy) is 7. The molecule has 1 saturated heterocycles. The number of amides is 3. The van der Waals surface area contributed by atoms with Gasteiger partial charge in [0.1, 0.15) is 6.04 Å². The third kappa shape index (κ3) is 39.2. The lowest BCUT2D eigenvalue weighted by atomic mass is 9.58. The maximum absolute atomic E-state index is 16.9. The summed E-state index contributed by atoms with van der Waals surface area (Å²) in [7, 11) is 6.44. The second-order valence-corrected chi connectivity index (χ2v) is 43.1. The summed E-state index contributed by atoms with van der Waals surface area (Å²) >= 11 is 0. The van der Waals surface area contributed by atoms with Crippen LogP contribution in [0.2, 0.25) is 0 Å². The van der Waals surface area contributed by atoms with E-state index in [0.29, 0.717) is 110 Å². The minimum atomic E-state index is -1.42. The molecule has 8 bridgehead atoms. The predicted octanol–water partition coefficient (Wildman–Crippen LogP) is 23.8. The molecule has 0 saturated carbocycles. The summed E-state index contributed by atoms with van der Waals surface area (Å²) in [5, 5.41) is 10.7. The largest absolute Gasteiger partial charge is 0.466 e. The molecule has 0 aliphatic carbocycles. The Hall–Kier alpha value is -7.31. The first-order chi connectivity index (χ1) is 65.5. The molecule has 5 heterocycles. The van der Waals surface area contributed by atoms with Crippen molar-refractivity contribution in [3.63, 3.8) is 0 Å². The number of hydrogen-bond acceptors (Lipinski definition) is 21. The van der Waals surface area contributed by atoms with Crippen molar-refractivity contribution >= 4 is 76.6 Å². The molecule has 25 heteroatoms. The first-order valence-corrected chi connectivity index (χ1v) is 55.0. The molecule has 3 N–H and O–H groups in total. The van der Waals surface area contributed by atoms with Crippen LogP contribution in [-0.2, 0) is 81.1 Å². The van der Waals surface area contributed by atoms with Crippen molar-refractivity contribution < 1.29 is 85.6 Å². The number of fused-ring (bicyclic) bond motifs is 5. The van der Waals surface area contributed by atoms with Crippen molar-refractivity contribution in [2.24, 2.45) is 60.3 Å². The molecule has 0 spiro atoms. The maximum atomic E-state index is 16.9. The number of esters is 7. The standard InChI is InChI=1S/C112H192N8O17/c1-21-30-32-34-36-38-40-42-44-46-48-50-52-56-68-119(69-57-53-51-49-47-45-43-41-39-37-35-33-31-22-2)107(130)89(113-91(121)59-55-54-58-70-120(18,19)20)79-92(122)115-103-102-86(61-64-94(124)132-72-24-4)110(15,81-98(128)136-76-28-8)105(117-102)84(11)101-87(62-65-95(125)133-73-25-5)111(16,82-99(129)137-77-29-9)112(17,118-101)80-90-88(78-97(127)135-75-27-7)109(14,67-66-96(126)134-74-26-6)104(114-90)83(10)100-85(108(12,13)106(103)116-100)60-63-93(123)131-71-23-3/h85-90H,21-82H2,1-20H3,(H2-,113,114,115,116,117,118,121,122)/p+1/t85-,86-,87-,88+,89+,90+,109-,110+,111+,112+/m1/s1. The molecule has 137 heavy (non-hydrogen) atoms. The zero-order valence-electron chi connectivity index (χ0n) is 90.0. The van der Waals surface area contributed by atoms with Crippen molar-refractivity contribution in [3.05, 3.63) is 33.9 Å². The summed E-state index contributed by atoms with van der Waals surface area (Å²) in [4.78, 5) is 171. The van der Waals surface area contributed by atoms with Crippen LogP contribution in [0.3, 0.4) is 0 Å². The SMILES string of the molecule is CCCCCCCCCCCCCCCCN(CCCCCCCCCCCCCCCC)C(=O)[C@H](CC(=O)N/C1=C2/NC(=C(C)C3=N[C@@](C)(C[C@@H]4N=C(/C(C)=C5N=C1C(C)(C)[C@@H]\5CCC(=O)OCCC)[C@](C)(CCC(=O)OCCC)[C@H]4CC(=O)OCCC)[C@@](C)(CC(=O)OCCC)[C@@H]3CCC(=O)OCCC)[C@@](C)(CC(=O)OCCC)[C@@H]2CCC(=O)OCCC)NC(=O)CCCCC[N+](C)(C)C. The Kier molecular flexibility index (Phi) is 55.8. The van der Waals surface area contributed by atoms with E-state index in [4.69, 9.17) is 48.1 Å². The summed E-state index contributed by atoms with van der Waals surface area (Å²) < 4.78 is 42.7. The highest BCUT2D eigenvalue weighted by Gasteiger charge is 2.63. The van der Waals surface area contributed by atoms with E-state index >= 15 is 24.0 Å². The smallest absolute Gasteiger partial charge is 0.306 e. The van der Waals surface area contributed by atoms with Gasteiger partial charge < -0.3 is 58.5 Å². The lowest BCUT2D eigenvalue weighted by Gasteiger charge is -2.45. The van der Waals surface area contributed by atoms with Crippen LogP contribution in [0.5, 0.6) is 0 Å². The fraction of sp³-hybridized carbons (Fsp3) is 0.830. The molecule has 0 aromatic carbocycles. The number of carbonyl (C=O) groups excluding carboxylic acids is 10. The highest BCUT2D eigenvalue weighted by Crippen LogP contribution is 2.61. The van der Waals surface area contributed by atoms with Crippen molar-refractivity contribution in [1.29, 1.82) is 0 Å². The Morgan fingerprint density at radius 3 is 1.28 bits per heavy atom. The molecule has 10 atom stereocenters. The van der Waals surface area contributed by atoms with Crippen molar-refractivity contribution in [2.45, 2.75) is 469 Å². The average molecular weight is 1920 g/mol. The summed E-state index contributed by atoms with van der Waals surface area (Å²) in [5.41, 5.74) is -2.46. The first kappa shape index (κ1) is 120. The van der Waals surface area contributed by atoms with Gasteiger partial charge >= 0.3 is 41.8 Å². The second-order valence-electron chi connectivity index (χ2n) is 43.1. The first-order valence-electron chi connectivity index (χ1n) is 55.0. The van der Waals surface area contributed by atoms with Crippen molar-refractivity contribution in [2.75, 3.05) is 87.0 Å². The summed E-state index contributed by atoms with van der Waals surface area (Å²) in [6, 6.07) is -2.17. The Bertz CT molecular complexity index is 3900. The topological polar surface area (TPSA) is 312 Å². The van der Waals surface area contributed by atoms with E-state index in [1.807, 2.05) is 109 Å². The number of allylic oxidation sites excluding steroid dienone is 6. The third-order valence-electron chi connectivity index (χ3n) is 29.8. The Morgan fingerprint density at radius 1 is 0.431 bits per heavy atom. The third-order valence-corrected chi connectivity index (χ3v) is 29.8. The van der Waals surface area contributed by atoms with Gasteiger partial charge in [0.2, 0.25) is 17.7 Å². The van der Waals surface area contributed by atoms with Crippen LogP contribution in [0.25, 0.3) is 0 Å². The van der Waals surface area contributed by atoms with Crippen LogP contribution in [-0.4, -0.2) is 191 Å². The van der Waals surface area contributed by atoms with Gasteiger partial charge in [-0.05, 0) is 141 Å². The minimum Gasteiger partial charge on any atom is -0.466 e. The quantitative estimate of drug-likeness (QED) is 0.0220. The van der Waals surface area contributed by atoms with E-state index in [2.05, 4.69) is 50.9 Å². The Labute approximate surface area is 829 Å². The zero-order chi connectivity index (χ0) is 101. The minimum absolute atomic E-state index is 0.0115. The van der Waals surface area contributed by atoms with Crippen LogP contribution in [0.1, 0.15) is 452 Å². The predicted molar refractivity (Wildman–Crippen MR) is 550 cm³/mol. The van der Waals surface area contributed by atoms with Gasteiger partial charge in [0.15, 0.2) is 0 Å². The Morgan fingerprint density at radius 2 is 0.832 bits per heavy atom. The van der Waals surface area contributed by atoms with Gasteiger partial charge in [-0.2, -0.15) is 0 Å². The average Bonchev–Trinajstić information content (AvgIpc) is 1.54. The van der Waals surface area contributed by atoms with Crippen LogP contribution in [0.15, 0.2) is 48.9 Å². The number of nitrogens with zero attached hydrogens (tertiary/aromatic N) is 5. The van der Waals surface area contributed by atoms with Gasteiger partial charge in [0, 0.05) is 119 Å². The summed E-state index contributed by atoms with van der Waals surface area (Å²) in [6.07, 6.45) is 38.0. The lowest BCUT2D eigenvalue weighted by molar-refractivity contribution is -0.870. The number of rotatable bonds is 73. The normalized spacial score (nSPS) is 22.9. The molecule has 1 fully saturated rings. The van der Waals surface area contributed by atoms with E-state index in [9.17, 15) is 24.0 Å². The number of unbranched alkanes of at least 4 members (excludes halogenated alkanes) is 28. The van der Waals surface area contributed by atoms with Gasteiger partial charge in [0.05, 0.1) is 123 Å². The highest BCUT2D eigenvalue weighted by atomic mass is 16.6. The second kappa shape index (κ2) is 63.6.